The molecule has 0 fully saturated rings. The lowest BCUT2D eigenvalue weighted by Gasteiger charge is -2.20. The van der Waals surface area contributed by atoms with Gasteiger partial charge in [-0.2, -0.15) is 5.10 Å². The van der Waals surface area contributed by atoms with E-state index in [0.29, 0.717) is 31.3 Å². The summed E-state index contributed by atoms with van der Waals surface area (Å²) in [6, 6.07) is 14.5. The van der Waals surface area contributed by atoms with Crippen LogP contribution in [0.4, 0.5) is 4.39 Å². The Balaban J connectivity index is 1.49. The topological polar surface area (TPSA) is 76.4 Å². The fourth-order valence-electron chi connectivity index (χ4n) is 2.96. The molecule has 2 N–H and O–H groups in total. The minimum Gasteiger partial charge on any atom is -0.489 e. The van der Waals surface area contributed by atoms with E-state index in [1.54, 1.807) is 30.2 Å². The van der Waals surface area contributed by atoms with Crippen LogP contribution in [0.25, 0.3) is 0 Å². The Kier molecular flexibility index (Phi) is 7.77. The second-order valence-corrected chi connectivity index (χ2v) is 6.83. The Labute approximate surface area is 176 Å². The number of rotatable bonds is 9. The maximum atomic E-state index is 13.4. The molecule has 2 aromatic carbocycles. The molecule has 0 bridgehead atoms. The number of ether oxygens (including phenoxy) is 1. The van der Waals surface area contributed by atoms with Gasteiger partial charge in [0.25, 0.3) is 0 Å². The second-order valence-electron chi connectivity index (χ2n) is 6.83. The van der Waals surface area contributed by atoms with Crippen molar-refractivity contribution >= 4 is 5.96 Å². The summed E-state index contributed by atoms with van der Waals surface area (Å²) in [5, 5.41) is 10.7. The molecule has 3 aromatic rings. The number of nitrogens with zero attached hydrogens (tertiary/aromatic N) is 4. The highest BCUT2D eigenvalue weighted by molar-refractivity contribution is 5.79. The van der Waals surface area contributed by atoms with Gasteiger partial charge in [0.15, 0.2) is 5.96 Å². The molecular weight excluding hydrogens is 383 g/mol. The van der Waals surface area contributed by atoms with Gasteiger partial charge in [-0.1, -0.05) is 37.3 Å². The number of aliphatic imine (C=N–C) groups is 1. The maximum Gasteiger partial charge on any atom is 0.191 e. The first-order chi connectivity index (χ1) is 14.7. The van der Waals surface area contributed by atoms with Crippen LogP contribution in [-0.2, 0) is 13.1 Å². The van der Waals surface area contributed by atoms with Crippen LogP contribution in [0.15, 0.2) is 66.2 Å². The van der Waals surface area contributed by atoms with Crippen molar-refractivity contribution < 1.29 is 9.13 Å². The highest BCUT2D eigenvalue weighted by Gasteiger charge is 2.10. The summed E-state index contributed by atoms with van der Waals surface area (Å²) >= 11 is 0. The van der Waals surface area contributed by atoms with E-state index in [4.69, 9.17) is 4.74 Å². The van der Waals surface area contributed by atoms with Crippen LogP contribution in [0, 0.1) is 5.82 Å². The first kappa shape index (κ1) is 21.3. The molecule has 0 amide bonds. The molecule has 7 nitrogen and oxygen atoms in total. The van der Waals surface area contributed by atoms with Crippen molar-refractivity contribution in [3.63, 3.8) is 0 Å². The largest absolute Gasteiger partial charge is 0.489 e. The monoisotopic (exact) mass is 410 g/mol. The number of halogens is 1. The van der Waals surface area contributed by atoms with E-state index in [9.17, 15) is 4.39 Å². The molecule has 8 heteroatoms. The predicted octanol–water partition coefficient (Wildman–Crippen LogP) is 2.99. The van der Waals surface area contributed by atoms with E-state index in [0.717, 1.165) is 17.5 Å². The SMILES string of the molecule is CCC(CNC(=NC)NCc1cccc(Cn2cncn2)c1)Oc1cccc(F)c1. The summed E-state index contributed by atoms with van der Waals surface area (Å²) in [5.74, 6) is 0.896. The molecule has 0 radical (unpaired) electrons. The quantitative estimate of drug-likeness (QED) is 0.419. The van der Waals surface area contributed by atoms with Crippen molar-refractivity contribution in [2.24, 2.45) is 4.99 Å². The van der Waals surface area contributed by atoms with Crippen molar-refractivity contribution in [2.45, 2.75) is 32.5 Å². The molecule has 30 heavy (non-hydrogen) atoms. The Morgan fingerprint density at radius 1 is 1.17 bits per heavy atom. The first-order valence-corrected chi connectivity index (χ1v) is 9.93. The number of guanidine groups is 1. The molecule has 1 atom stereocenters. The van der Waals surface area contributed by atoms with Gasteiger partial charge >= 0.3 is 0 Å². The van der Waals surface area contributed by atoms with E-state index in [1.807, 2.05) is 13.0 Å². The van der Waals surface area contributed by atoms with Gasteiger partial charge in [-0.05, 0) is 29.7 Å². The van der Waals surface area contributed by atoms with Crippen molar-refractivity contribution in [1.82, 2.24) is 25.4 Å². The smallest absolute Gasteiger partial charge is 0.191 e. The Hall–Kier alpha value is -3.42. The van der Waals surface area contributed by atoms with Gasteiger partial charge in [0.1, 0.15) is 30.3 Å². The molecule has 1 aromatic heterocycles. The minimum atomic E-state index is -0.307. The number of hydrogen-bond donors (Lipinski definition) is 2. The minimum absolute atomic E-state index is 0.101. The van der Waals surface area contributed by atoms with Gasteiger partial charge < -0.3 is 15.4 Å². The van der Waals surface area contributed by atoms with Crippen molar-refractivity contribution in [3.05, 3.63) is 78.1 Å². The van der Waals surface area contributed by atoms with Crippen molar-refractivity contribution in [2.75, 3.05) is 13.6 Å². The van der Waals surface area contributed by atoms with E-state index < -0.39 is 0 Å². The molecular formula is C22H27FN6O. The highest BCUT2D eigenvalue weighted by atomic mass is 19.1. The summed E-state index contributed by atoms with van der Waals surface area (Å²) in [6.45, 7) is 3.89. The Bertz CT molecular complexity index is 944. The fraction of sp³-hybridized carbons (Fsp3) is 0.318. The fourth-order valence-corrected chi connectivity index (χ4v) is 2.96. The second kappa shape index (κ2) is 10.9. The summed E-state index contributed by atoms with van der Waals surface area (Å²) < 4.78 is 21.0. The van der Waals surface area contributed by atoms with Crippen LogP contribution >= 0.6 is 0 Å². The molecule has 158 valence electrons. The van der Waals surface area contributed by atoms with Crippen molar-refractivity contribution in [3.8, 4) is 5.75 Å². The van der Waals surface area contributed by atoms with Crippen molar-refractivity contribution in [1.29, 1.82) is 0 Å². The number of nitrogens with one attached hydrogen (secondary N) is 2. The third kappa shape index (κ3) is 6.58. The Morgan fingerprint density at radius 2 is 2.00 bits per heavy atom. The summed E-state index contributed by atoms with van der Waals surface area (Å²) in [7, 11) is 1.73. The molecule has 1 heterocycles. The average molecular weight is 410 g/mol. The number of aromatic nitrogens is 3. The third-order valence-corrected chi connectivity index (χ3v) is 4.54. The zero-order valence-corrected chi connectivity index (χ0v) is 17.3. The van der Waals surface area contributed by atoms with E-state index >= 15 is 0 Å². The molecule has 0 aliphatic rings. The number of benzene rings is 2. The average Bonchev–Trinajstić information content (AvgIpc) is 3.26. The van der Waals surface area contributed by atoms with Gasteiger partial charge in [0, 0.05) is 19.7 Å². The van der Waals surface area contributed by atoms with Crippen LogP contribution in [0.1, 0.15) is 24.5 Å². The molecule has 1 unspecified atom stereocenters. The number of hydrogen-bond acceptors (Lipinski definition) is 4. The zero-order chi connectivity index (χ0) is 21.2. The molecule has 0 aliphatic carbocycles. The van der Waals surface area contributed by atoms with Crippen LogP contribution in [0.5, 0.6) is 5.75 Å². The van der Waals surface area contributed by atoms with Gasteiger partial charge in [0.2, 0.25) is 0 Å². The highest BCUT2D eigenvalue weighted by Crippen LogP contribution is 2.14. The summed E-state index contributed by atoms with van der Waals surface area (Å²) in [5.41, 5.74) is 2.29. The van der Waals surface area contributed by atoms with Gasteiger partial charge in [-0.3, -0.25) is 4.99 Å². The zero-order valence-electron chi connectivity index (χ0n) is 17.3. The van der Waals surface area contributed by atoms with E-state index in [1.165, 1.54) is 18.5 Å². The normalized spacial score (nSPS) is 12.4. The molecule has 0 saturated heterocycles. The molecule has 0 spiro atoms. The predicted molar refractivity (Wildman–Crippen MR) is 115 cm³/mol. The lowest BCUT2D eigenvalue weighted by Crippen LogP contribution is -2.42. The summed E-state index contributed by atoms with van der Waals surface area (Å²) in [4.78, 5) is 8.24. The molecule has 0 saturated carbocycles. The van der Waals surface area contributed by atoms with Crippen LogP contribution in [-0.4, -0.2) is 40.4 Å². The summed E-state index contributed by atoms with van der Waals surface area (Å²) in [6.07, 6.45) is 3.91. The van der Waals surface area contributed by atoms with Gasteiger partial charge in [-0.15, -0.1) is 0 Å². The Morgan fingerprint density at radius 3 is 2.73 bits per heavy atom. The standard InChI is InChI=1S/C22H27FN6O/c1-3-20(30-21-9-5-8-19(23)11-21)13-27-22(24-2)26-12-17-6-4-7-18(10-17)14-29-16-25-15-28-29/h4-11,15-16,20H,3,12-14H2,1-2H3,(H2,24,26,27). The van der Waals surface area contributed by atoms with Crippen LogP contribution in [0.2, 0.25) is 0 Å². The van der Waals surface area contributed by atoms with Gasteiger partial charge in [-0.25, -0.2) is 14.1 Å². The first-order valence-electron chi connectivity index (χ1n) is 9.93. The molecule has 3 rings (SSSR count). The molecule has 0 aliphatic heterocycles. The van der Waals surface area contributed by atoms with Gasteiger partial charge in [0.05, 0.1) is 13.1 Å². The third-order valence-electron chi connectivity index (χ3n) is 4.54. The lowest BCUT2D eigenvalue weighted by molar-refractivity contribution is 0.199. The lowest BCUT2D eigenvalue weighted by atomic mass is 10.1. The van der Waals surface area contributed by atoms with Crippen LogP contribution in [0.3, 0.4) is 0 Å². The maximum absolute atomic E-state index is 13.4. The van der Waals surface area contributed by atoms with E-state index in [2.05, 4.69) is 43.9 Å². The van der Waals surface area contributed by atoms with E-state index in [-0.39, 0.29) is 11.9 Å². The van der Waals surface area contributed by atoms with Crippen LogP contribution < -0.4 is 15.4 Å².